The molecule has 1 aromatic carbocycles. The highest BCUT2D eigenvalue weighted by Crippen LogP contribution is 2.28. The number of carboxylic acid groups (broad SMARTS) is 1. The quantitative estimate of drug-likeness (QED) is 0.783. The minimum atomic E-state index is -0.858. The van der Waals surface area contributed by atoms with Crippen LogP contribution in [-0.4, -0.2) is 41.2 Å². The standard InChI is InChI=1S/C13H15N3O3S2/c1-16(7-9-3-5-10(19-2)6-4-9)12-14-15-13(21-12)20-8-11(17)18/h3-6H,7-8H2,1-2H3,(H,17,18). The maximum Gasteiger partial charge on any atom is 0.313 e. The fourth-order valence-electron chi connectivity index (χ4n) is 1.61. The number of hydrogen-bond donors (Lipinski definition) is 1. The molecule has 21 heavy (non-hydrogen) atoms. The number of aliphatic carboxylic acids is 1. The minimum Gasteiger partial charge on any atom is -0.497 e. The van der Waals surface area contributed by atoms with Gasteiger partial charge in [-0.1, -0.05) is 35.2 Å². The third kappa shape index (κ3) is 4.61. The van der Waals surface area contributed by atoms with Crippen LogP contribution in [-0.2, 0) is 11.3 Å². The third-order valence-electron chi connectivity index (χ3n) is 2.62. The molecule has 8 heteroatoms. The van der Waals surface area contributed by atoms with E-state index in [0.717, 1.165) is 16.4 Å². The molecule has 0 radical (unpaired) electrons. The summed E-state index contributed by atoms with van der Waals surface area (Å²) in [5.74, 6) is -0.0374. The first-order chi connectivity index (χ1) is 10.1. The Hall–Kier alpha value is -1.80. The Morgan fingerprint density at radius 2 is 2.10 bits per heavy atom. The van der Waals surface area contributed by atoms with Crippen molar-refractivity contribution in [2.75, 3.05) is 24.8 Å². The summed E-state index contributed by atoms with van der Waals surface area (Å²) in [4.78, 5) is 12.5. The summed E-state index contributed by atoms with van der Waals surface area (Å²) in [7, 11) is 3.56. The number of benzene rings is 1. The Balaban J connectivity index is 1.95. The number of methoxy groups -OCH3 is 1. The molecule has 0 atom stereocenters. The molecule has 1 heterocycles. The zero-order chi connectivity index (χ0) is 15.2. The fraction of sp³-hybridized carbons (Fsp3) is 0.308. The molecule has 2 aromatic rings. The van der Waals surface area contributed by atoms with Crippen LogP contribution in [0, 0.1) is 0 Å². The van der Waals surface area contributed by atoms with Crippen LogP contribution in [0.1, 0.15) is 5.56 Å². The average Bonchev–Trinajstić information content (AvgIpc) is 2.95. The van der Waals surface area contributed by atoms with Crippen molar-refractivity contribution in [2.45, 2.75) is 10.9 Å². The van der Waals surface area contributed by atoms with Gasteiger partial charge in [0.15, 0.2) is 4.34 Å². The van der Waals surface area contributed by atoms with Gasteiger partial charge >= 0.3 is 5.97 Å². The molecular formula is C13H15N3O3S2. The summed E-state index contributed by atoms with van der Waals surface area (Å²) < 4.78 is 5.78. The van der Waals surface area contributed by atoms with E-state index in [1.807, 2.05) is 36.2 Å². The lowest BCUT2D eigenvalue weighted by Gasteiger charge is -2.15. The van der Waals surface area contributed by atoms with Gasteiger partial charge in [-0.15, -0.1) is 10.2 Å². The Morgan fingerprint density at radius 1 is 1.38 bits per heavy atom. The molecule has 2 rings (SSSR count). The van der Waals surface area contributed by atoms with Gasteiger partial charge in [-0.2, -0.15) is 0 Å². The number of aromatic nitrogens is 2. The maximum atomic E-state index is 10.5. The number of nitrogens with zero attached hydrogens (tertiary/aromatic N) is 3. The predicted molar refractivity (Wildman–Crippen MR) is 83.4 cm³/mol. The maximum absolute atomic E-state index is 10.5. The second-order valence-corrected chi connectivity index (χ2v) is 6.42. The van der Waals surface area contributed by atoms with Crippen LogP contribution < -0.4 is 9.64 Å². The molecule has 0 spiro atoms. The molecular weight excluding hydrogens is 310 g/mol. The van der Waals surface area contributed by atoms with Crippen molar-refractivity contribution < 1.29 is 14.6 Å². The molecule has 1 N–H and O–H groups in total. The normalized spacial score (nSPS) is 10.4. The number of anilines is 1. The van der Waals surface area contributed by atoms with E-state index in [4.69, 9.17) is 9.84 Å². The first-order valence-electron chi connectivity index (χ1n) is 6.10. The van der Waals surface area contributed by atoms with Gasteiger partial charge in [0, 0.05) is 13.6 Å². The van der Waals surface area contributed by atoms with E-state index >= 15 is 0 Å². The average molecular weight is 325 g/mol. The number of rotatable bonds is 7. The van der Waals surface area contributed by atoms with Gasteiger partial charge in [0.1, 0.15) is 5.75 Å². The summed E-state index contributed by atoms with van der Waals surface area (Å²) >= 11 is 2.57. The Kier molecular flexibility index (Phi) is 5.40. The molecule has 6 nitrogen and oxygen atoms in total. The van der Waals surface area contributed by atoms with E-state index in [2.05, 4.69) is 10.2 Å². The Labute approximate surface area is 130 Å². The largest absolute Gasteiger partial charge is 0.497 e. The van der Waals surface area contributed by atoms with Crippen LogP contribution in [0.5, 0.6) is 5.75 Å². The van der Waals surface area contributed by atoms with Crippen molar-refractivity contribution in [3.63, 3.8) is 0 Å². The Bertz CT molecular complexity index is 601. The van der Waals surface area contributed by atoms with Crippen LogP contribution >= 0.6 is 23.1 Å². The van der Waals surface area contributed by atoms with Gasteiger partial charge in [-0.25, -0.2) is 0 Å². The van der Waals surface area contributed by atoms with Crippen molar-refractivity contribution >= 4 is 34.2 Å². The lowest BCUT2D eigenvalue weighted by Crippen LogP contribution is -2.15. The zero-order valence-corrected chi connectivity index (χ0v) is 13.3. The fourth-order valence-corrected chi connectivity index (χ4v) is 3.13. The van der Waals surface area contributed by atoms with Gasteiger partial charge < -0.3 is 14.7 Å². The molecule has 0 aliphatic rings. The van der Waals surface area contributed by atoms with E-state index in [1.54, 1.807) is 7.11 Å². The highest BCUT2D eigenvalue weighted by atomic mass is 32.2. The molecule has 0 bridgehead atoms. The van der Waals surface area contributed by atoms with Gasteiger partial charge in [-0.05, 0) is 17.7 Å². The zero-order valence-electron chi connectivity index (χ0n) is 11.6. The van der Waals surface area contributed by atoms with Gasteiger partial charge in [-0.3, -0.25) is 4.79 Å². The van der Waals surface area contributed by atoms with E-state index < -0.39 is 5.97 Å². The monoisotopic (exact) mass is 325 g/mol. The molecule has 0 amide bonds. The summed E-state index contributed by atoms with van der Waals surface area (Å²) in [6, 6.07) is 7.82. The third-order valence-corrected chi connectivity index (χ3v) is 4.78. The van der Waals surface area contributed by atoms with E-state index in [-0.39, 0.29) is 5.75 Å². The minimum absolute atomic E-state index is 0.00315. The number of ether oxygens (including phenoxy) is 1. The molecule has 0 fully saturated rings. The highest BCUT2D eigenvalue weighted by Gasteiger charge is 2.11. The van der Waals surface area contributed by atoms with Crippen LogP contribution in [0.25, 0.3) is 0 Å². The van der Waals surface area contributed by atoms with Gasteiger partial charge in [0.05, 0.1) is 12.9 Å². The molecule has 112 valence electrons. The van der Waals surface area contributed by atoms with Crippen molar-refractivity contribution in [1.82, 2.24) is 10.2 Å². The van der Waals surface area contributed by atoms with Crippen molar-refractivity contribution in [2.24, 2.45) is 0 Å². The molecule has 0 aliphatic heterocycles. The summed E-state index contributed by atoms with van der Waals surface area (Å²) in [6.07, 6.45) is 0. The summed E-state index contributed by atoms with van der Waals surface area (Å²) in [6.45, 7) is 0.697. The van der Waals surface area contributed by atoms with Gasteiger partial charge in [0.2, 0.25) is 5.13 Å². The predicted octanol–water partition coefficient (Wildman–Crippen LogP) is 2.36. The summed E-state index contributed by atoms with van der Waals surface area (Å²) in [5, 5.41) is 17.5. The number of carbonyl (C=O) groups is 1. The molecule has 1 aromatic heterocycles. The molecule has 0 saturated carbocycles. The smallest absolute Gasteiger partial charge is 0.313 e. The van der Waals surface area contributed by atoms with E-state index in [1.165, 1.54) is 23.1 Å². The van der Waals surface area contributed by atoms with Crippen LogP contribution in [0.3, 0.4) is 0 Å². The lowest BCUT2D eigenvalue weighted by atomic mass is 10.2. The van der Waals surface area contributed by atoms with E-state index in [0.29, 0.717) is 10.9 Å². The van der Waals surface area contributed by atoms with Crippen LogP contribution in [0.15, 0.2) is 28.6 Å². The summed E-state index contributed by atoms with van der Waals surface area (Å²) in [5.41, 5.74) is 1.13. The highest BCUT2D eigenvalue weighted by molar-refractivity contribution is 8.01. The number of hydrogen-bond acceptors (Lipinski definition) is 7. The van der Waals surface area contributed by atoms with Crippen molar-refractivity contribution in [3.05, 3.63) is 29.8 Å². The first-order valence-corrected chi connectivity index (χ1v) is 7.91. The lowest BCUT2D eigenvalue weighted by molar-refractivity contribution is -0.133. The topological polar surface area (TPSA) is 75.5 Å². The van der Waals surface area contributed by atoms with Crippen LogP contribution in [0.4, 0.5) is 5.13 Å². The Morgan fingerprint density at radius 3 is 2.71 bits per heavy atom. The molecule has 0 unspecified atom stereocenters. The number of carboxylic acids is 1. The van der Waals surface area contributed by atoms with Crippen molar-refractivity contribution in [3.8, 4) is 5.75 Å². The molecule has 0 aliphatic carbocycles. The number of thioether (sulfide) groups is 1. The first kappa shape index (κ1) is 15.6. The van der Waals surface area contributed by atoms with Gasteiger partial charge in [0.25, 0.3) is 0 Å². The second-order valence-electron chi connectivity index (χ2n) is 4.24. The molecule has 0 saturated heterocycles. The van der Waals surface area contributed by atoms with E-state index in [9.17, 15) is 4.79 Å². The second kappa shape index (κ2) is 7.28. The van der Waals surface area contributed by atoms with Crippen molar-refractivity contribution in [1.29, 1.82) is 0 Å². The SMILES string of the molecule is COc1ccc(CN(C)c2nnc(SCC(=O)O)s2)cc1. The van der Waals surface area contributed by atoms with Crippen LogP contribution in [0.2, 0.25) is 0 Å².